The highest BCUT2D eigenvalue weighted by atomic mass is 35.5. The topological polar surface area (TPSA) is 32.9 Å². The number of aromatic nitrogens is 1. The number of nitrogens with one attached hydrogen (secondary N) is 1. The molecule has 0 atom stereocenters. The van der Waals surface area contributed by atoms with E-state index in [1.54, 1.807) is 0 Å². The molecule has 0 saturated heterocycles. The Morgan fingerprint density at radius 1 is 1.08 bits per heavy atom. The van der Waals surface area contributed by atoms with Crippen LogP contribution in [0.2, 0.25) is 5.02 Å². The minimum Gasteiger partial charge on any atom is -0.354 e. The first-order chi connectivity index (χ1) is 11.2. The molecule has 0 radical (unpaired) electrons. The van der Waals surface area contributed by atoms with Crippen LogP contribution >= 0.6 is 11.6 Å². The van der Waals surface area contributed by atoms with Crippen LogP contribution in [0.4, 0.5) is 17.6 Å². The Morgan fingerprint density at radius 3 is 2.46 bits per heavy atom. The van der Waals surface area contributed by atoms with Gasteiger partial charge in [-0.15, -0.1) is 0 Å². The molecule has 1 heterocycles. The summed E-state index contributed by atoms with van der Waals surface area (Å²) in [6.45, 7) is 1.49. The molecule has 2 aromatic carbocycles. The molecule has 124 valence electrons. The maximum atomic E-state index is 13.2. The molecule has 1 N–H and O–H groups in total. The van der Waals surface area contributed by atoms with Crippen molar-refractivity contribution in [3.63, 3.8) is 0 Å². The maximum Gasteiger partial charge on any atom is 0.417 e. The first kappa shape index (κ1) is 16.5. The van der Waals surface area contributed by atoms with Gasteiger partial charge in [-0.25, -0.2) is 4.39 Å². The number of H-pyrrole nitrogens is 1. The fraction of sp³-hybridized carbons (Fsp3) is 0.118. The molecule has 0 amide bonds. The van der Waals surface area contributed by atoms with Crippen molar-refractivity contribution >= 4 is 22.5 Å². The van der Waals surface area contributed by atoms with Crippen molar-refractivity contribution in [2.75, 3.05) is 0 Å². The van der Waals surface area contributed by atoms with Crippen LogP contribution in [0.25, 0.3) is 22.2 Å². The van der Waals surface area contributed by atoms with Gasteiger partial charge in [0.1, 0.15) is 5.82 Å². The minimum absolute atomic E-state index is 0.161. The molecule has 0 aliphatic carbocycles. The van der Waals surface area contributed by atoms with Gasteiger partial charge in [0.25, 0.3) is 0 Å². The zero-order chi connectivity index (χ0) is 17.6. The van der Waals surface area contributed by atoms with Gasteiger partial charge in [-0.3, -0.25) is 4.79 Å². The van der Waals surface area contributed by atoms with Gasteiger partial charge in [0.15, 0.2) is 5.43 Å². The summed E-state index contributed by atoms with van der Waals surface area (Å²) in [5.41, 5.74) is 0.00556. The van der Waals surface area contributed by atoms with Crippen molar-refractivity contribution in [1.82, 2.24) is 4.98 Å². The first-order valence-corrected chi connectivity index (χ1v) is 7.25. The number of rotatable bonds is 1. The van der Waals surface area contributed by atoms with Crippen LogP contribution in [-0.2, 0) is 6.18 Å². The van der Waals surface area contributed by atoms with Crippen LogP contribution in [0.15, 0.2) is 41.2 Å². The number of hydrogen-bond donors (Lipinski definition) is 1. The summed E-state index contributed by atoms with van der Waals surface area (Å²) in [4.78, 5) is 15.1. The summed E-state index contributed by atoms with van der Waals surface area (Å²) in [5.74, 6) is -0.547. The average molecular weight is 356 g/mol. The summed E-state index contributed by atoms with van der Waals surface area (Å²) in [6.07, 6.45) is -4.56. The Bertz CT molecular complexity index is 1010. The van der Waals surface area contributed by atoms with E-state index in [9.17, 15) is 22.4 Å². The molecule has 0 saturated carbocycles. The van der Waals surface area contributed by atoms with Crippen molar-refractivity contribution in [2.24, 2.45) is 0 Å². The maximum absolute atomic E-state index is 13.2. The lowest BCUT2D eigenvalue weighted by Crippen LogP contribution is -2.08. The second-order valence-corrected chi connectivity index (χ2v) is 5.79. The number of aryl methyl sites for hydroxylation is 1. The van der Waals surface area contributed by atoms with Crippen LogP contribution in [0.1, 0.15) is 11.1 Å². The standard InChI is InChI=1S/C17H10ClF4NO/c1-8-4-12(17(20,21)22)13(18)6-10(8)15-7-16(24)11-5-9(19)2-3-14(11)23-15/h2-7H,1H3,(H,23,24). The van der Waals surface area contributed by atoms with E-state index in [2.05, 4.69) is 4.98 Å². The summed E-state index contributed by atoms with van der Waals surface area (Å²) in [6, 6.07) is 7.01. The number of aromatic amines is 1. The molecule has 0 unspecified atom stereocenters. The third kappa shape index (κ3) is 2.89. The highest BCUT2D eigenvalue weighted by Gasteiger charge is 2.33. The fourth-order valence-electron chi connectivity index (χ4n) is 2.55. The Morgan fingerprint density at radius 2 is 1.79 bits per heavy atom. The molecule has 3 rings (SSSR count). The predicted molar refractivity (Wildman–Crippen MR) is 84.7 cm³/mol. The van der Waals surface area contributed by atoms with Crippen LogP contribution in [0.3, 0.4) is 0 Å². The Hall–Kier alpha value is -2.34. The van der Waals surface area contributed by atoms with Gasteiger partial charge in [0.05, 0.1) is 16.3 Å². The molecule has 3 aromatic rings. The van der Waals surface area contributed by atoms with Crippen LogP contribution in [0.5, 0.6) is 0 Å². The Labute approximate surface area is 138 Å². The number of alkyl halides is 3. The van der Waals surface area contributed by atoms with Gasteiger partial charge in [-0.05, 0) is 42.8 Å². The second-order valence-electron chi connectivity index (χ2n) is 5.38. The molecule has 0 aliphatic rings. The average Bonchev–Trinajstić information content (AvgIpc) is 2.48. The molecular formula is C17H10ClF4NO. The monoisotopic (exact) mass is 355 g/mol. The molecule has 2 nitrogen and oxygen atoms in total. The lowest BCUT2D eigenvalue weighted by molar-refractivity contribution is -0.137. The van der Waals surface area contributed by atoms with E-state index >= 15 is 0 Å². The SMILES string of the molecule is Cc1cc(C(F)(F)F)c(Cl)cc1-c1cc(=O)c2cc(F)ccc2[nH]1. The first-order valence-electron chi connectivity index (χ1n) is 6.87. The zero-order valence-corrected chi connectivity index (χ0v) is 13.0. The number of pyridine rings is 1. The minimum atomic E-state index is -4.56. The smallest absolute Gasteiger partial charge is 0.354 e. The number of benzene rings is 2. The van der Waals surface area contributed by atoms with Crippen LogP contribution < -0.4 is 5.43 Å². The number of fused-ring (bicyclic) bond motifs is 1. The number of hydrogen-bond acceptors (Lipinski definition) is 1. The lowest BCUT2D eigenvalue weighted by atomic mass is 10.0. The third-order valence-electron chi connectivity index (χ3n) is 3.70. The van der Waals surface area contributed by atoms with Crippen molar-refractivity contribution in [1.29, 1.82) is 0 Å². The molecule has 0 bridgehead atoms. The molecular weight excluding hydrogens is 346 g/mol. The van der Waals surface area contributed by atoms with Gasteiger partial charge in [-0.2, -0.15) is 13.2 Å². The Balaban J connectivity index is 2.23. The third-order valence-corrected chi connectivity index (χ3v) is 4.01. The highest BCUT2D eigenvalue weighted by molar-refractivity contribution is 6.31. The lowest BCUT2D eigenvalue weighted by Gasteiger charge is -2.14. The van der Waals surface area contributed by atoms with E-state index in [4.69, 9.17) is 11.6 Å². The molecule has 0 aliphatic heterocycles. The van der Waals surface area contributed by atoms with E-state index in [-0.39, 0.29) is 5.39 Å². The zero-order valence-electron chi connectivity index (χ0n) is 12.3. The van der Waals surface area contributed by atoms with Gasteiger partial charge in [-0.1, -0.05) is 11.6 Å². The molecule has 0 fully saturated rings. The fourth-order valence-corrected chi connectivity index (χ4v) is 2.82. The quantitative estimate of drug-likeness (QED) is 0.589. The normalized spacial score (nSPS) is 11.9. The van der Waals surface area contributed by atoms with E-state index in [0.29, 0.717) is 22.3 Å². The summed E-state index contributed by atoms with van der Waals surface area (Å²) in [7, 11) is 0. The van der Waals surface area contributed by atoms with Gasteiger partial charge < -0.3 is 4.98 Å². The molecule has 7 heteroatoms. The van der Waals surface area contributed by atoms with E-state index in [1.165, 1.54) is 31.2 Å². The number of halogens is 5. The van der Waals surface area contributed by atoms with Crippen LogP contribution in [-0.4, -0.2) is 4.98 Å². The molecule has 1 aromatic heterocycles. The van der Waals surface area contributed by atoms with Crippen LogP contribution in [0, 0.1) is 12.7 Å². The molecule has 0 spiro atoms. The van der Waals surface area contributed by atoms with Crippen molar-refractivity contribution in [3.05, 3.63) is 68.6 Å². The van der Waals surface area contributed by atoms with E-state index in [1.807, 2.05) is 0 Å². The molecule has 24 heavy (non-hydrogen) atoms. The second kappa shape index (κ2) is 5.63. The van der Waals surface area contributed by atoms with Crippen molar-refractivity contribution in [2.45, 2.75) is 13.1 Å². The van der Waals surface area contributed by atoms with Gasteiger partial charge in [0, 0.05) is 22.5 Å². The largest absolute Gasteiger partial charge is 0.417 e. The summed E-state index contributed by atoms with van der Waals surface area (Å²) < 4.78 is 51.9. The van der Waals surface area contributed by atoms with Crippen molar-refractivity contribution < 1.29 is 17.6 Å². The summed E-state index contributed by atoms with van der Waals surface area (Å²) >= 11 is 5.75. The van der Waals surface area contributed by atoms with E-state index < -0.39 is 28.0 Å². The van der Waals surface area contributed by atoms with Crippen molar-refractivity contribution in [3.8, 4) is 11.3 Å². The highest BCUT2D eigenvalue weighted by Crippen LogP contribution is 2.38. The van der Waals surface area contributed by atoms with Gasteiger partial charge in [0.2, 0.25) is 0 Å². The predicted octanol–water partition coefficient (Wildman–Crippen LogP) is 5.31. The Kier molecular flexibility index (Phi) is 3.87. The van der Waals surface area contributed by atoms with E-state index in [0.717, 1.165) is 12.1 Å². The van der Waals surface area contributed by atoms with Gasteiger partial charge >= 0.3 is 6.18 Å². The summed E-state index contributed by atoms with van der Waals surface area (Å²) in [5, 5.41) is -0.294.